The Labute approximate surface area is 187 Å². The minimum absolute atomic E-state index is 0.164. The first kappa shape index (κ1) is 23.3. The molecule has 31 heavy (non-hydrogen) atoms. The first-order chi connectivity index (χ1) is 14.7. The molecule has 1 aliphatic rings. The Morgan fingerprint density at radius 3 is 2.19 bits per heavy atom. The van der Waals surface area contributed by atoms with Crippen molar-refractivity contribution >= 4 is 5.91 Å². The highest BCUT2D eigenvalue weighted by molar-refractivity contribution is 5.84. The molecule has 0 bridgehead atoms. The third-order valence-corrected chi connectivity index (χ3v) is 6.47. The molecular formula is C27H37NO3. The molecule has 0 aliphatic heterocycles. The maximum absolute atomic E-state index is 13.1. The summed E-state index contributed by atoms with van der Waals surface area (Å²) in [5, 5.41) is 13.1. The van der Waals surface area contributed by atoms with Crippen LogP contribution in [-0.4, -0.2) is 24.2 Å². The summed E-state index contributed by atoms with van der Waals surface area (Å²) in [6.07, 6.45) is 5.06. The molecular weight excluding hydrogens is 386 g/mol. The lowest BCUT2D eigenvalue weighted by molar-refractivity contribution is -0.125. The number of carbonyl (C=O) groups excluding carboxylic acids is 1. The lowest BCUT2D eigenvalue weighted by atomic mass is 9.81. The van der Waals surface area contributed by atoms with Crippen LogP contribution in [0.4, 0.5) is 0 Å². The quantitative estimate of drug-likeness (QED) is 0.579. The van der Waals surface area contributed by atoms with E-state index in [1.807, 2.05) is 54.6 Å². The highest BCUT2D eigenvalue weighted by Crippen LogP contribution is 2.38. The number of aliphatic hydroxyl groups is 1. The largest absolute Gasteiger partial charge is 0.493 e. The van der Waals surface area contributed by atoms with E-state index in [2.05, 4.69) is 33.0 Å². The van der Waals surface area contributed by atoms with E-state index in [1.54, 1.807) is 0 Å². The number of carbonyl (C=O) groups is 1. The number of rotatable bonds is 8. The number of benzene rings is 2. The molecule has 0 unspecified atom stereocenters. The zero-order valence-corrected chi connectivity index (χ0v) is 19.4. The van der Waals surface area contributed by atoms with Gasteiger partial charge in [-0.2, -0.15) is 0 Å². The van der Waals surface area contributed by atoms with Crippen LogP contribution < -0.4 is 10.1 Å². The van der Waals surface area contributed by atoms with E-state index >= 15 is 0 Å². The van der Waals surface area contributed by atoms with Gasteiger partial charge in [-0.15, -0.1) is 0 Å². The second-order valence-electron chi connectivity index (χ2n) is 10.3. The van der Waals surface area contributed by atoms with Gasteiger partial charge in [0.05, 0.1) is 25.2 Å². The Morgan fingerprint density at radius 1 is 1.03 bits per heavy atom. The Morgan fingerprint density at radius 2 is 1.65 bits per heavy atom. The molecule has 0 heterocycles. The number of aliphatic hydroxyl groups excluding tert-OH is 1. The average molecular weight is 424 g/mol. The molecule has 0 aromatic heterocycles. The van der Waals surface area contributed by atoms with Crippen LogP contribution in [0.3, 0.4) is 0 Å². The van der Waals surface area contributed by atoms with Crippen LogP contribution in [0.15, 0.2) is 54.6 Å². The van der Waals surface area contributed by atoms with Gasteiger partial charge in [0.2, 0.25) is 5.91 Å². The van der Waals surface area contributed by atoms with Crippen LogP contribution in [0.1, 0.15) is 76.5 Å². The zero-order valence-electron chi connectivity index (χ0n) is 19.4. The summed E-state index contributed by atoms with van der Waals surface area (Å²) in [7, 11) is 0. The van der Waals surface area contributed by atoms with Crippen molar-refractivity contribution in [2.45, 2.75) is 65.3 Å². The summed E-state index contributed by atoms with van der Waals surface area (Å²) < 4.78 is 6.09. The predicted molar refractivity (Wildman–Crippen MR) is 125 cm³/mol. The maximum Gasteiger partial charge on any atom is 0.230 e. The summed E-state index contributed by atoms with van der Waals surface area (Å²) in [5.41, 5.74) is 1.95. The van der Waals surface area contributed by atoms with Gasteiger partial charge in [0.15, 0.2) is 0 Å². The fraction of sp³-hybridized carbons (Fsp3) is 0.519. The van der Waals surface area contributed by atoms with Gasteiger partial charge in [-0.05, 0) is 41.5 Å². The number of nitrogens with one attached hydrogen (secondary N) is 1. The first-order valence-electron chi connectivity index (χ1n) is 11.4. The monoisotopic (exact) mass is 423 g/mol. The Bertz CT molecular complexity index is 833. The van der Waals surface area contributed by atoms with Gasteiger partial charge in [0, 0.05) is 5.41 Å². The Hall–Kier alpha value is -2.33. The topological polar surface area (TPSA) is 58.6 Å². The molecule has 0 radical (unpaired) electrons. The summed E-state index contributed by atoms with van der Waals surface area (Å²) >= 11 is 0. The summed E-state index contributed by atoms with van der Waals surface area (Å²) in [5.74, 6) is 0.123. The van der Waals surface area contributed by atoms with Gasteiger partial charge in [0.1, 0.15) is 5.75 Å². The van der Waals surface area contributed by atoms with E-state index in [-0.39, 0.29) is 29.4 Å². The van der Waals surface area contributed by atoms with Crippen LogP contribution in [0.5, 0.6) is 5.75 Å². The highest BCUT2D eigenvalue weighted by atomic mass is 16.5. The normalized spacial score (nSPS) is 17.7. The highest BCUT2D eigenvalue weighted by Gasteiger charge is 2.31. The van der Waals surface area contributed by atoms with Crippen molar-refractivity contribution in [3.05, 3.63) is 65.7 Å². The molecule has 1 fully saturated rings. The summed E-state index contributed by atoms with van der Waals surface area (Å²) in [6.45, 7) is 9.17. The standard InChI is InChI=1S/C27H37NO3/c1-26(2,3)24(28-25(30)23(18-29)20-10-6-5-7-11-20)21-12-14-22(15-13-21)31-19-27(4)16-8-9-17-27/h5-7,10-15,23-24,29H,8-9,16-19H2,1-4H3,(H,28,30)/t23-,24+/m0/s1. The van der Waals surface area contributed by atoms with Crippen LogP contribution in [-0.2, 0) is 4.79 Å². The van der Waals surface area contributed by atoms with Gasteiger partial charge in [-0.1, -0.05) is 83.0 Å². The minimum atomic E-state index is -0.583. The number of hydrogen-bond donors (Lipinski definition) is 2. The smallest absolute Gasteiger partial charge is 0.230 e. The van der Waals surface area contributed by atoms with Crippen LogP contribution in [0, 0.1) is 10.8 Å². The molecule has 3 rings (SSSR count). The Balaban J connectivity index is 1.71. The number of ether oxygens (including phenoxy) is 1. The fourth-order valence-electron chi connectivity index (χ4n) is 4.45. The van der Waals surface area contributed by atoms with Crippen LogP contribution in [0.25, 0.3) is 0 Å². The van der Waals surface area contributed by atoms with E-state index in [4.69, 9.17) is 4.74 Å². The Kier molecular flexibility index (Phi) is 7.42. The molecule has 168 valence electrons. The van der Waals surface area contributed by atoms with Gasteiger partial charge in [-0.25, -0.2) is 0 Å². The zero-order chi connectivity index (χ0) is 22.5. The number of hydrogen-bond acceptors (Lipinski definition) is 3. The second-order valence-corrected chi connectivity index (χ2v) is 10.3. The van der Waals surface area contributed by atoms with Crippen molar-refractivity contribution in [3.63, 3.8) is 0 Å². The minimum Gasteiger partial charge on any atom is -0.493 e. The molecule has 0 saturated heterocycles. The van der Waals surface area contributed by atoms with E-state index < -0.39 is 5.92 Å². The molecule has 0 spiro atoms. The molecule has 4 heteroatoms. The lowest BCUT2D eigenvalue weighted by Crippen LogP contribution is -2.40. The third kappa shape index (κ3) is 6.10. The van der Waals surface area contributed by atoms with E-state index in [0.29, 0.717) is 0 Å². The molecule has 1 aliphatic carbocycles. The van der Waals surface area contributed by atoms with E-state index in [1.165, 1.54) is 25.7 Å². The number of amides is 1. The summed E-state index contributed by atoms with van der Waals surface area (Å²) in [4.78, 5) is 13.1. The van der Waals surface area contributed by atoms with Crippen molar-refractivity contribution in [3.8, 4) is 5.75 Å². The van der Waals surface area contributed by atoms with Gasteiger partial charge < -0.3 is 15.2 Å². The molecule has 2 aromatic rings. The molecule has 1 amide bonds. The van der Waals surface area contributed by atoms with Crippen molar-refractivity contribution in [1.82, 2.24) is 5.32 Å². The van der Waals surface area contributed by atoms with Crippen molar-refractivity contribution in [1.29, 1.82) is 0 Å². The molecule has 4 nitrogen and oxygen atoms in total. The lowest BCUT2D eigenvalue weighted by Gasteiger charge is -2.33. The molecule has 1 saturated carbocycles. The first-order valence-corrected chi connectivity index (χ1v) is 11.4. The van der Waals surface area contributed by atoms with Crippen molar-refractivity contribution < 1.29 is 14.6 Å². The van der Waals surface area contributed by atoms with Gasteiger partial charge in [0.25, 0.3) is 0 Å². The van der Waals surface area contributed by atoms with Gasteiger partial charge >= 0.3 is 0 Å². The molecule has 2 N–H and O–H groups in total. The molecule has 2 atom stereocenters. The maximum atomic E-state index is 13.1. The van der Waals surface area contributed by atoms with Crippen LogP contribution >= 0.6 is 0 Å². The van der Waals surface area contributed by atoms with E-state index in [0.717, 1.165) is 23.5 Å². The van der Waals surface area contributed by atoms with Crippen LogP contribution in [0.2, 0.25) is 0 Å². The fourth-order valence-corrected chi connectivity index (χ4v) is 4.45. The van der Waals surface area contributed by atoms with Crippen molar-refractivity contribution in [2.24, 2.45) is 10.8 Å². The van der Waals surface area contributed by atoms with E-state index in [9.17, 15) is 9.90 Å². The van der Waals surface area contributed by atoms with Crippen molar-refractivity contribution in [2.75, 3.05) is 13.2 Å². The SMILES string of the molecule is CC1(COc2ccc([C@@H](NC(=O)[C@@H](CO)c3ccccc3)C(C)(C)C)cc2)CCCC1. The summed E-state index contributed by atoms with van der Waals surface area (Å²) in [6, 6.07) is 17.3. The third-order valence-electron chi connectivity index (χ3n) is 6.47. The molecule has 2 aromatic carbocycles. The average Bonchev–Trinajstić information content (AvgIpc) is 3.18. The van der Waals surface area contributed by atoms with Gasteiger partial charge in [-0.3, -0.25) is 4.79 Å². The predicted octanol–water partition coefficient (Wildman–Crippen LogP) is 5.63. The second kappa shape index (κ2) is 9.86.